The van der Waals surface area contributed by atoms with Gasteiger partial charge in [-0.25, -0.2) is 4.79 Å². The first-order valence-corrected chi connectivity index (χ1v) is 6.13. The fourth-order valence-corrected chi connectivity index (χ4v) is 2.06. The molecular weight excluding hydrogens is 244 g/mol. The summed E-state index contributed by atoms with van der Waals surface area (Å²) in [6.45, 7) is 1.63. The minimum absolute atomic E-state index is 0.506. The molecule has 0 saturated heterocycles. The van der Waals surface area contributed by atoms with Crippen molar-refractivity contribution in [2.45, 2.75) is 13.0 Å². The van der Waals surface area contributed by atoms with Crippen LogP contribution in [0.1, 0.15) is 11.3 Å². The van der Waals surface area contributed by atoms with Crippen LogP contribution in [-0.2, 0) is 13.0 Å². The molecule has 6 nitrogen and oxygen atoms in total. The van der Waals surface area contributed by atoms with Crippen LogP contribution < -0.4 is 15.4 Å². The topological polar surface area (TPSA) is 79.0 Å². The first-order valence-electron chi connectivity index (χ1n) is 6.13. The van der Waals surface area contributed by atoms with Gasteiger partial charge in [0.05, 0.1) is 5.69 Å². The standard InChI is InChI=1S/C13H14N4O2/c18-13(19-9-4-2-1-3-5-9)15-12-10-6-7-14-8-11(10)16-17-12/h1-5,14H,6-8H2,(H2,15,16,17,18). The molecule has 1 aliphatic rings. The molecule has 19 heavy (non-hydrogen) atoms. The van der Waals surface area contributed by atoms with Crippen LogP contribution in [-0.4, -0.2) is 22.8 Å². The van der Waals surface area contributed by atoms with Gasteiger partial charge in [0.2, 0.25) is 0 Å². The van der Waals surface area contributed by atoms with Crippen molar-refractivity contribution < 1.29 is 9.53 Å². The molecule has 0 atom stereocenters. The lowest BCUT2D eigenvalue weighted by Crippen LogP contribution is -2.24. The lowest BCUT2D eigenvalue weighted by Gasteiger charge is -2.13. The maximum absolute atomic E-state index is 11.8. The molecule has 1 aliphatic heterocycles. The number of benzene rings is 1. The van der Waals surface area contributed by atoms with E-state index in [0.717, 1.165) is 30.8 Å². The highest BCUT2D eigenvalue weighted by Gasteiger charge is 2.18. The lowest BCUT2D eigenvalue weighted by molar-refractivity contribution is 0.215. The number of H-pyrrole nitrogens is 1. The van der Waals surface area contributed by atoms with Gasteiger partial charge >= 0.3 is 6.09 Å². The number of aromatic nitrogens is 2. The monoisotopic (exact) mass is 258 g/mol. The second kappa shape index (κ2) is 5.11. The maximum atomic E-state index is 11.8. The first kappa shape index (κ1) is 11.7. The molecule has 0 radical (unpaired) electrons. The van der Waals surface area contributed by atoms with Crippen molar-refractivity contribution in [3.63, 3.8) is 0 Å². The molecule has 0 spiro atoms. The molecule has 0 saturated carbocycles. The molecule has 0 aliphatic carbocycles. The predicted molar refractivity (Wildman–Crippen MR) is 70.1 cm³/mol. The molecule has 3 N–H and O–H groups in total. The van der Waals surface area contributed by atoms with Crippen LogP contribution in [0, 0.1) is 0 Å². The minimum Gasteiger partial charge on any atom is -0.410 e. The zero-order valence-corrected chi connectivity index (χ0v) is 10.3. The van der Waals surface area contributed by atoms with E-state index in [1.165, 1.54) is 0 Å². The summed E-state index contributed by atoms with van der Waals surface area (Å²) in [4.78, 5) is 11.8. The normalized spacial score (nSPS) is 13.7. The number of nitrogens with one attached hydrogen (secondary N) is 3. The third-order valence-electron chi connectivity index (χ3n) is 2.98. The maximum Gasteiger partial charge on any atom is 0.418 e. The Bertz CT molecular complexity index is 580. The van der Waals surface area contributed by atoms with Crippen molar-refractivity contribution in [2.75, 3.05) is 11.9 Å². The van der Waals surface area contributed by atoms with Gasteiger partial charge in [-0.3, -0.25) is 10.4 Å². The summed E-state index contributed by atoms with van der Waals surface area (Å²) in [7, 11) is 0. The number of hydrogen-bond donors (Lipinski definition) is 3. The van der Waals surface area contributed by atoms with Crippen LogP contribution in [0.4, 0.5) is 10.6 Å². The summed E-state index contributed by atoms with van der Waals surface area (Å²) >= 11 is 0. The van der Waals surface area contributed by atoms with Gasteiger partial charge in [-0.2, -0.15) is 5.10 Å². The summed E-state index contributed by atoms with van der Waals surface area (Å²) in [6.07, 6.45) is 0.311. The molecule has 0 fully saturated rings. The number of carbonyl (C=O) groups is 1. The average molecular weight is 258 g/mol. The molecule has 6 heteroatoms. The van der Waals surface area contributed by atoms with E-state index in [0.29, 0.717) is 11.6 Å². The zero-order chi connectivity index (χ0) is 13.1. The number of para-hydroxylation sites is 1. The fourth-order valence-electron chi connectivity index (χ4n) is 2.06. The second-order valence-corrected chi connectivity index (χ2v) is 4.28. The summed E-state index contributed by atoms with van der Waals surface area (Å²) in [6, 6.07) is 8.93. The van der Waals surface area contributed by atoms with Gasteiger partial charge in [0.15, 0.2) is 5.82 Å². The number of aromatic amines is 1. The Morgan fingerprint density at radius 2 is 2.16 bits per heavy atom. The Hall–Kier alpha value is -2.34. The van der Waals surface area contributed by atoms with Crippen LogP contribution in [0.5, 0.6) is 5.75 Å². The third kappa shape index (κ3) is 2.58. The molecule has 2 aromatic rings. The Labute approximate surface area is 110 Å². The van der Waals surface area contributed by atoms with Gasteiger partial charge in [0.1, 0.15) is 5.75 Å². The Morgan fingerprint density at radius 3 is 3.00 bits per heavy atom. The smallest absolute Gasteiger partial charge is 0.410 e. The van der Waals surface area contributed by atoms with Gasteiger partial charge in [-0.1, -0.05) is 18.2 Å². The van der Waals surface area contributed by atoms with Crippen LogP contribution in [0.3, 0.4) is 0 Å². The van der Waals surface area contributed by atoms with Gasteiger partial charge in [0, 0.05) is 12.1 Å². The van der Waals surface area contributed by atoms with Crippen molar-refractivity contribution in [1.29, 1.82) is 0 Å². The summed E-state index contributed by atoms with van der Waals surface area (Å²) in [5.74, 6) is 1.06. The van der Waals surface area contributed by atoms with E-state index in [9.17, 15) is 4.79 Å². The third-order valence-corrected chi connectivity index (χ3v) is 2.98. The van der Waals surface area contributed by atoms with E-state index in [1.807, 2.05) is 18.2 Å². The van der Waals surface area contributed by atoms with Crippen molar-refractivity contribution in [3.8, 4) is 5.75 Å². The fraction of sp³-hybridized carbons (Fsp3) is 0.231. The Balaban J connectivity index is 1.68. The van der Waals surface area contributed by atoms with Gasteiger partial charge in [-0.15, -0.1) is 0 Å². The molecule has 1 amide bonds. The summed E-state index contributed by atoms with van der Waals surface area (Å²) in [5.41, 5.74) is 2.06. The van der Waals surface area contributed by atoms with Crippen molar-refractivity contribution in [3.05, 3.63) is 41.6 Å². The number of carbonyl (C=O) groups excluding carboxylic acids is 1. The number of ether oxygens (including phenoxy) is 1. The predicted octanol–water partition coefficient (Wildman–Crippen LogP) is 1.67. The van der Waals surface area contributed by atoms with E-state index in [4.69, 9.17) is 4.74 Å². The number of nitrogens with zero attached hydrogens (tertiary/aromatic N) is 1. The lowest BCUT2D eigenvalue weighted by atomic mass is 10.1. The van der Waals surface area contributed by atoms with E-state index < -0.39 is 6.09 Å². The van der Waals surface area contributed by atoms with Crippen LogP contribution >= 0.6 is 0 Å². The zero-order valence-electron chi connectivity index (χ0n) is 10.3. The quantitative estimate of drug-likeness (QED) is 0.765. The SMILES string of the molecule is O=C(Nc1n[nH]c2c1CCNC2)Oc1ccccc1. The molecule has 3 rings (SSSR count). The van der Waals surface area contributed by atoms with E-state index in [-0.39, 0.29) is 0 Å². The second-order valence-electron chi connectivity index (χ2n) is 4.28. The number of amides is 1. The van der Waals surface area contributed by atoms with E-state index in [1.54, 1.807) is 12.1 Å². The number of rotatable bonds is 2. The van der Waals surface area contributed by atoms with Gasteiger partial charge in [-0.05, 0) is 25.1 Å². The van der Waals surface area contributed by atoms with Gasteiger partial charge < -0.3 is 10.1 Å². The molecular formula is C13H14N4O2. The highest BCUT2D eigenvalue weighted by Crippen LogP contribution is 2.20. The highest BCUT2D eigenvalue weighted by molar-refractivity contribution is 5.86. The van der Waals surface area contributed by atoms with Crippen LogP contribution in [0.15, 0.2) is 30.3 Å². The van der Waals surface area contributed by atoms with Crippen molar-refractivity contribution in [2.24, 2.45) is 0 Å². The molecule has 0 unspecified atom stereocenters. The largest absolute Gasteiger partial charge is 0.418 e. The average Bonchev–Trinajstić information content (AvgIpc) is 2.83. The van der Waals surface area contributed by atoms with E-state index in [2.05, 4.69) is 20.8 Å². The first-order chi connectivity index (χ1) is 9.33. The van der Waals surface area contributed by atoms with Crippen LogP contribution in [0.25, 0.3) is 0 Å². The Kier molecular flexibility index (Phi) is 3.16. The van der Waals surface area contributed by atoms with Crippen molar-refractivity contribution >= 4 is 11.9 Å². The number of hydrogen-bond acceptors (Lipinski definition) is 4. The summed E-state index contributed by atoms with van der Waals surface area (Å²) < 4.78 is 5.16. The number of anilines is 1. The van der Waals surface area contributed by atoms with Crippen LogP contribution in [0.2, 0.25) is 0 Å². The molecule has 1 aromatic heterocycles. The minimum atomic E-state index is -0.529. The van der Waals surface area contributed by atoms with E-state index >= 15 is 0 Å². The van der Waals surface area contributed by atoms with Crippen molar-refractivity contribution in [1.82, 2.24) is 15.5 Å². The number of fused-ring (bicyclic) bond motifs is 1. The molecule has 2 heterocycles. The highest BCUT2D eigenvalue weighted by atomic mass is 16.6. The molecule has 98 valence electrons. The molecule has 0 bridgehead atoms. The molecule has 1 aromatic carbocycles. The Morgan fingerprint density at radius 1 is 1.32 bits per heavy atom. The summed E-state index contributed by atoms with van der Waals surface area (Å²) in [5, 5.41) is 12.9. The van der Waals surface area contributed by atoms with Gasteiger partial charge in [0.25, 0.3) is 0 Å².